The fourth-order valence-electron chi connectivity index (χ4n) is 3.33. The largest absolute Gasteiger partial charge is 0.508 e. The lowest BCUT2D eigenvalue weighted by molar-refractivity contribution is -0.132. The van der Waals surface area contributed by atoms with E-state index in [-0.39, 0.29) is 17.1 Å². The number of anilines is 1. The second kappa shape index (κ2) is 7.52. The fourth-order valence-corrected chi connectivity index (χ4v) is 3.59. The molecule has 1 atom stereocenters. The first-order chi connectivity index (χ1) is 14.0. The Kier molecular flexibility index (Phi) is 4.90. The Bertz CT molecular complexity index is 1110. The molecule has 7 heteroatoms. The normalized spacial score (nSPS) is 18.2. The number of aliphatic hydroxyl groups is 1. The number of ketones is 1. The van der Waals surface area contributed by atoms with Gasteiger partial charge >= 0.3 is 0 Å². The number of nitrogens with zero attached hydrogens (tertiary/aromatic N) is 2. The topological polar surface area (TPSA) is 90.7 Å². The lowest BCUT2D eigenvalue weighted by Gasteiger charge is -2.25. The van der Waals surface area contributed by atoms with Crippen LogP contribution in [0.1, 0.15) is 17.2 Å². The monoisotopic (exact) mass is 450 g/mol. The van der Waals surface area contributed by atoms with Gasteiger partial charge in [-0.1, -0.05) is 40.2 Å². The van der Waals surface area contributed by atoms with Crippen LogP contribution >= 0.6 is 15.9 Å². The zero-order chi connectivity index (χ0) is 20.5. The summed E-state index contributed by atoms with van der Waals surface area (Å²) in [5, 5.41) is 20.6. The molecule has 1 saturated heterocycles. The van der Waals surface area contributed by atoms with Gasteiger partial charge in [-0.05, 0) is 42.0 Å². The van der Waals surface area contributed by atoms with Crippen molar-refractivity contribution in [2.75, 3.05) is 4.90 Å². The summed E-state index contributed by atoms with van der Waals surface area (Å²) in [6.07, 6.45) is 3.05. The first-order valence-corrected chi connectivity index (χ1v) is 9.52. The van der Waals surface area contributed by atoms with Gasteiger partial charge in [0.25, 0.3) is 11.7 Å². The Labute approximate surface area is 174 Å². The summed E-state index contributed by atoms with van der Waals surface area (Å²) < 4.78 is 0.819. The summed E-state index contributed by atoms with van der Waals surface area (Å²) in [5.41, 5.74) is 1.40. The van der Waals surface area contributed by atoms with Crippen LogP contribution in [0.2, 0.25) is 0 Å². The van der Waals surface area contributed by atoms with Crippen molar-refractivity contribution in [1.82, 2.24) is 4.98 Å². The molecule has 0 aliphatic carbocycles. The molecular formula is C22H15BrN2O4. The number of Topliss-reactive ketones (excluding diaryl/α,β-unsaturated/α-hetero) is 1. The molecule has 0 spiro atoms. The van der Waals surface area contributed by atoms with E-state index >= 15 is 0 Å². The highest BCUT2D eigenvalue weighted by molar-refractivity contribution is 9.10. The Hall–Kier alpha value is -3.45. The Balaban J connectivity index is 1.94. The third-order valence-corrected chi connectivity index (χ3v) is 5.22. The number of phenolic OH excluding ortho intramolecular Hbond substituents is 1. The number of hydrogen-bond donors (Lipinski definition) is 2. The summed E-state index contributed by atoms with van der Waals surface area (Å²) in [6.45, 7) is 0. The highest BCUT2D eigenvalue weighted by Crippen LogP contribution is 2.42. The van der Waals surface area contributed by atoms with Crippen molar-refractivity contribution >= 4 is 39.1 Å². The second-order valence-electron chi connectivity index (χ2n) is 6.48. The first kappa shape index (κ1) is 18.9. The molecule has 3 aromatic rings. The highest BCUT2D eigenvalue weighted by Gasteiger charge is 2.47. The molecule has 1 aromatic heterocycles. The molecule has 1 aliphatic heterocycles. The van der Waals surface area contributed by atoms with Crippen LogP contribution in [0, 0.1) is 0 Å². The molecule has 0 unspecified atom stereocenters. The van der Waals surface area contributed by atoms with E-state index in [1.807, 2.05) is 0 Å². The van der Waals surface area contributed by atoms with Crippen LogP contribution in [0.5, 0.6) is 5.75 Å². The van der Waals surface area contributed by atoms with E-state index in [1.54, 1.807) is 54.7 Å². The molecular weight excluding hydrogens is 436 g/mol. The molecule has 2 heterocycles. The summed E-state index contributed by atoms with van der Waals surface area (Å²) in [7, 11) is 0. The number of carbonyl (C=O) groups excluding carboxylic acids is 2. The summed E-state index contributed by atoms with van der Waals surface area (Å²) in [5.74, 6) is -1.75. The number of aliphatic hydroxyl groups excluding tert-OH is 1. The van der Waals surface area contributed by atoms with E-state index in [2.05, 4.69) is 20.9 Å². The first-order valence-electron chi connectivity index (χ1n) is 8.73. The van der Waals surface area contributed by atoms with Gasteiger partial charge < -0.3 is 10.2 Å². The zero-order valence-corrected chi connectivity index (χ0v) is 16.6. The van der Waals surface area contributed by atoms with Gasteiger partial charge in [0.15, 0.2) is 0 Å². The number of halogens is 1. The van der Waals surface area contributed by atoms with E-state index in [4.69, 9.17) is 0 Å². The third-order valence-electron chi connectivity index (χ3n) is 4.70. The van der Waals surface area contributed by atoms with Gasteiger partial charge in [-0.3, -0.25) is 19.5 Å². The summed E-state index contributed by atoms with van der Waals surface area (Å²) >= 11 is 3.34. The van der Waals surface area contributed by atoms with Gasteiger partial charge in [-0.2, -0.15) is 0 Å². The lowest BCUT2D eigenvalue weighted by Crippen LogP contribution is -2.29. The fraction of sp³-hybridized carbons (Fsp3) is 0.0455. The van der Waals surface area contributed by atoms with E-state index in [1.165, 1.54) is 23.2 Å². The van der Waals surface area contributed by atoms with E-state index in [9.17, 15) is 19.8 Å². The average Bonchev–Trinajstić information content (AvgIpc) is 3.00. The minimum absolute atomic E-state index is 0.0214. The summed E-state index contributed by atoms with van der Waals surface area (Å²) in [6, 6.07) is 15.4. The third kappa shape index (κ3) is 3.40. The lowest BCUT2D eigenvalue weighted by atomic mass is 9.95. The van der Waals surface area contributed by atoms with Crippen LogP contribution in [0.15, 0.2) is 83.1 Å². The van der Waals surface area contributed by atoms with Gasteiger partial charge in [0.1, 0.15) is 11.5 Å². The van der Waals surface area contributed by atoms with Crippen molar-refractivity contribution in [1.29, 1.82) is 0 Å². The maximum atomic E-state index is 12.9. The molecule has 0 bridgehead atoms. The van der Waals surface area contributed by atoms with E-state index in [0.29, 0.717) is 16.8 Å². The highest BCUT2D eigenvalue weighted by atomic mass is 79.9. The molecule has 6 nitrogen and oxygen atoms in total. The number of benzene rings is 2. The molecule has 144 valence electrons. The minimum Gasteiger partial charge on any atom is -0.508 e. The van der Waals surface area contributed by atoms with Crippen molar-refractivity contribution < 1.29 is 19.8 Å². The van der Waals surface area contributed by atoms with Crippen molar-refractivity contribution in [3.8, 4) is 5.75 Å². The SMILES string of the molecule is O=C1C(=O)N(c2cccnc2)[C@H](c2ccc(O)cc2)C1=C(O)c1ccc(Br)cc1. The van der Waals surface area contributed by atoms with Crippen LogP contribution in [0.4, 0.5) is 5.69 Å². The standard InChI is InChI=1S/C22H15BrN2O4/c23-15-7-3-14(4-8-15)20(27)18-19(13-5-9-17(26)10-6-13)25(22(29)21(18)28)16-2-1-11-24-12-16/h1-12,19,26-27H/t19-/m1/s1. The predicted molar refractivity (Wildman–Crippen MR) is 111 cm³/mol. The van der Waals surface area contributed by atoms with Gasteiger partial charge in [0.05, 0.1) is 23.5 Å². The van der Waals surface area contributed by atoms with Crippen LogP contribution in [-0.4, -0.2) is 26.9 Å². The molecule has 2 N–H and O–H groups in total. The number of phenols is 1. The van der Waals surface area contributed by atoms with E-state index in [0.717, 1.165) is 4.47 Å². The van der Waals surface area contributed by atoms with Gasteiger partial charge in [0.2, 0.25) is 0 Å². The second-order valence-corrected chi connectivity index (χ2v) is 7.39. The van der Waals surface area contributed by atoms with E-state index < -0.39 is 17.7 Å². The molecule has 0 saturated carbocycles. The quantitative estimate of drug-likeness (QED) is 0.354. The van der Waals surface area contributed by atoms with Crippen LogP contribution in [-0.2, 0) is 9.59 Å². The van der Waals surface area contributed by atoms with Crippen LogP contribution in [0.25, 0.3) is 5.76 Å². The van der Waals surface area contributed by atoms with Crippen molar-refractivity contribution in [3.63, 3.8) is 0 Å². The molecule has 4 rings (SSSR count). The van der Waals surface area contributed by atoms with Crippen molar-refractivity contribution in [3.05, 3.63) is 94.2 Å². The van der Waals surface area contributed by atoms with Crippen LogP contribution in [0.3, 0.4) is 0 Å². The number of hydrogen-bond acceptors (Lipinski definition) is 5. The molecule has 29 heavy (non-hydrogen) atoms. The number of aromatic nitrogens is 1. The summed E-state index contributed by atoms with van der Waals surface area (Å²) in [4.78, 5) is 31.2. The average molecular weight is 451 g/mol. The number of carbonyl (C=O) groups is 2. The zero-order valence-electron chi connectivity index (χ0n) is 15.0. The van der Waals surface area contributed by atoms with Gasteiger partial charge in [-0.15, -0.1) is 0 Å². The molecule has 0 radical (unpaired) electrons. The molecule has 1 amide bonds. The predicted octanol–water partition coefficient (Wildman–Crippen LogP) is 4.18. The van der Waals surface area contributed by atoms with Crippen molar-refractivity contribution in [2.24, 2.45) is 0 Å². The van der Waals surface area contributed by atoms with Crippen LogP contribution < -0.4 is 4.90 Å². The van der Waals surface area contributed by atoms with Gasteiger partial charge in [-0.25, -0.2) is 0 Å². The molecule has 2 aromatic carbocycles. The Morgan fingerprint density at radius 3 is 2.31 bits per heavy atom. The number of rotatable bonds is 3. The Morgan fingerprint density at radius 1 is 1.00 bits per heavy atom. The number of amides is 1. The molecule has 1 aliphatic rings. The van der Waals surface area contributed by atoms with Crippen molar-refractivity contribution in [2.45, 2.75) is 6.04 Å². The maximum Gasteiger partial charge on any atom is 0.300 e. The Morgan fingerprint density at radius 2 is 1.69 bits per heavy atom. The number of pyridine rings is 1. The molecule has 1 fully saturated rings. The van der Waals surface area contributed by atoms with Gasteiger partial charge in [0, 0.05) is 16.2 Å². The smallest absolute Gasteiger partial charge is 0.300 e. The number of aromatic hydroxyl groups is 1. The maximum absolute atomic E-state index is 12.9. The minimum atomic E-state index is -0.858.